The molecule has 33 heavy (non-hydrogen) atoms. The molecule has 0 aliphatic rings. The Bertz CT molecular complexity index is 935. The Hall–Kier alpha value is -2.66. The van der Waals surface area contributed by atoms with Gasteiger partial charge in [-0.25, -0.2) is 0 Å². The molecule has 0 aromatic heterocycles. The summed E-state index contributed by atoms with van der Waals surface area (Å²) in [5, 5.41) is 27.3. The van der Waals surface area contributed by atoms with Crippen molar-refractivity contribution in [1.82, 2.24) is 0 Å². The summed E-state index contributed by atoms with van der Waals surface area (Å²) in [6.45, 7) is 8.34. The van der Waals surface area contributed by atoms with Gasteiger partial charge in [-0.15, -0.1) is 12.4 Å². The zero-order chi connectivity index (χ0) is 22.9. The van der Waals surface area contributed by atoms with Gasteiger partial charge in [-0.3, -0.25) is 0 Å². The highest BCUT2D eigenvalue weighted by molar-refractivity contribution is 5.96. The molecule has 0 radical (unpaired) electrons. The Morgan fingerprint density at radius 1 is 0.818 bits per heavy atom. The summed E-state index contributed by atoms with van der Waals surface area (Å²) in [4.78, 5) is 0. The van der Waals surface area contributed by atoms with Crippen LogP contribution in [0.4, 0.5) is 0 Å². The van der Waals surface area contributed by atoms with Crippen molar-refractivity contribution in [2.75, 3.05) is 19.6 Å². The van der Waals surface area contributed by atoms with Crippen molar-refractivity contribution in [3.8, 4) is 0 Å². The first kappa shape index (κ1) is 26.6. The van der Waals surface area contributed by atoms with E-state index in [0.29, 0.717) is 17.5 Å². The molecule has 0 bridgehead atoms. The first-order valence-corrected chi connectivity index (χ1v) is 11.5. The fraction of sp³-hybridized carbons (Fsp3) is 0.321. The van der Waals surface area contributed by atoms with Gasteiger partial charge >= 0.3 is 0 Å². The number of quaternary nitrogens is 1. The van der Waals surface area contributed by atoms with Crippen LogP contribution in [0.25, 0.3) is 0 Å². The van der Waals surface area contributed by atoms with E-state index in [2.05, 4.69) is 43.3 Å². The lowest BCUT2D eigenvalue weighted by Gasteiger charge is -2.38. The van der Waals surface area contributed by atoms with Crippen LogP contribution in [-0.2, 0) is 12.1 Å². The van der Waals surface area contributed by atoms with Crippen LogP contribution < -0.4 is 0 Å². The second kappa shape index (κ2) is 12.5. The van der Waals surface area contributed by atoms with Crippen molar-refractivity contribution in [2.45, 2.75) is 38.8 Å². The minimum Gasteiger partial charge on any atom is -0.792 e. The first-order valence-electron chi connectivity index (χ1n) is 11.5. The van der Waals surface area contributed by atoms with Crippen LogP contribution in [0, 0.1) is 5.21 Å². The van der Waals surface area contributed by atoms with Gasteiger partial charge in [-0.1, -0.05) is 91.0 Å². The predicted octanol–water partition coefficient (Wildman–Crippen LogP) is 6.12. The van der Waals surface area contributed by atoms with Crippen molar-refractivity contribution in [1.29, 1.82) is 0 Å². The molecule has 4 nitrogen and oxygen atoms in total. The first-order chi connectivity index (χ1) is 15.6. The molecule has 3 aromatic carbocycles. The van der Waals surface area contributed by atoms with Gasteiger partial charge in [0.25, 0.3) is 0 Å². The standard InChI is InChI=1S/C28H34N2O2.ClH/c1-3-30(4-2,23-24-15-8-5-9-16-24)22-14-21-27(29-32)28(31,25-17-10-6-11-18-25)26-19-12-7-13-20-26;/h5-13,15-20,31H,3-4,14,21-23H2,1-2H3;1H/b29-27+;. The summed E-state index contributed by atoms with van der Waals surface area (Å²) in [6, 6.07) is 29.3. The molecule has 0 fully saturated rings. The van der Waals surface area contributed by atoms with Gasteiger partial charge in [-0.05, 0) is 31.4 Å². The third kappa shape index (κ3) is 6.23. The topological polar surface area (TPSA) is 55.7 Å². The SMILES string of the molecule is CC[N+](CC)(CCC/C(=N\[O-])C(O)(c1ccccc1)c1ccccc1)Cc1ccccc1.Cl. The van der Waals surface area contributed by atoms with Crippen LogP contribution in [0.15, 0.2) is 96.2 Å². The van der Waals surface area contributed by atoms with E-state index in [9.17, 15) is 10.3 Å². The molecule has 0 aliphatic carbocycles. The van der Waals surface area contributed by atoms with Gasteiger partial charge in [0.15, 0.2) is 5.60 Å². The van der Waals surface area contributed by atoms with Crippen LogP contribution in [0.5, 0.6) is 0 Å². The van der Waals surface area contributed by atoms with Crippen LogP contribution in [-0.4, -0.2) is 34.9 Å². The van der Waals surface area contributed by atoms with E-state index < -0.39 is 5.60 Å². The van der Waals surface area contributed by atoms with E-state index in [1.807, 2.05) is 66.7 Å². The lowest BCUT2D eigenvalue weighted by Crippen LogP contribution is -2.48. The molecule has 0 atom stereocenters. The average molecular weight is 467 g/mol. The van der Waals surface area contributed by atoms with Crippen LogP contribution >= 0.6 is 12.4 Å². The molecule has 0 saturated carbocycles. The quantitative estimate of drug-likeness (QED) is 0.210. The molecular formula is C28H35ClN2O2. The maximum absolute atomic E-state index is 12.0. The highest BCUT2D eigenvalue weighted by atomic mass is 35.5. The predicted molar refractivity (Wildman–Crippen MR) is 140 cm³/mol. The zero-order valence-electron chi connectivity index (χ0n) is 19.6. The van der Waals surface area contributed by atoms with E-state index in [4.69, 9.17) is 0 Å². The zero-order valence-corrected chi connectivity index (χ0v) is 20.4. The van der Waals surface area contributed by atoms with Gasteiger partial charge in [-0.2, -0.15) is 0 Å². The van der Waals surface area contributed by atoms with Crippen molar-refractivity contribution >= 4 is 18.1 Å². The number of hydrogen-bond acceptors (Lipinski definition) is 3. The summed E-state index contributed by atoms with van der Waals surface area (Å²) in [5.41, 5.74) is 1.38. The number of benzene rings is 3. The minimum absolute atomic E-state index is 0. The van der Waals surface area contributed by atoms with E-state index in [-0.39, 0.29) is 18.1 Å². The Morgan fingerprint density at radius 2 is 1.27 bits per heavy atom. The fourth-order valence-corrected chi connectivity index (χ4v) is 4.55. The second-order valence-electron chi connectivity index (χ2n) is 8.43. The normalized spacial score (nSPS) is 12.3. The van der Waals surface area contributed by atoms with Crippen molar-refractivity contribution < 1.29 is 9.59 Å². The third-order valence-corrected chi connectivity index (χ3v) is 6.66. The van der Waals surface area contributed by atoms with Gasteiger partial charge in [0, 0.05) is 17.7 Å². The molecule has 0 amide bonds. The summed E-state index contributed by atoms with van der Waals surface area (Å²) in [7, 11) is 0. The number of hydrogen-bond donors (Lipinski definition) is 1. The van der Waals surface area contributed by atoms with Crippen molar-refractivity contribution in [3.63, 3.8) is 0 Å². The second-order valence-corrected chi connectivity index (χ2v) is 8.43. The molecular weight excluding hydrogens is 432 g/mol. The number of rotatable bonds is 11. The van der Waals surface area contributed by atoms with E-state index in [1.165, 1.54) is 5.56 Å². The molecule has 3 rings (SSSR count). The fourth-order valence-electron chi connectivity index (χ4n) is 4.55. The highest BCUT2D eigenvalue weighted by Crippen LogP contribution is 2.33. The van der Waals surface area contributed by atoms with Gasteiger partial charge < -0.3 is 20.0 Å². The Balaban J connectivity index is 0.00000385. The highest BCUT2D eigenvalue weighted by Gasteiger charge is 2.36. The third-order valence-electron chi connectivity index (χ3n) is 6.66. The number of aliphatic hydroxyl groups is 1. The molecule has 0 heterocycles. The lowest BCUT2D eigenvalue weighted by atomic mass is 9.80. The van der Waals surface area contributed by atoms with Crippen molar-refractivity contribution in [3.05, 3.63) is 113 Å². The lowest BCUT2D eigenvalue weighted by molar-refractivity contribution is -0.937. The average Bonchev–Trinajstić information content (AvgIpc) is 2.87. The van der Waals surface area contributed by atoms with E-state index >= 15 is 0 Å². The summed E-state index contributed by atoms with van der Waals surface area (Å²) >= 11 is 0. The van der Waals surface area contributed by atoms with Crippen LogP contribution in [0.2, 0.25) is 0 Å². The van der Waals surface area contributed by atoms with Crippen LogP contribution in [0.1, 0.15) is 43.4 Å². The maximum Gasteiger partial charge on any atom is 0.152 e. The largest absolute Gasteiger partial charge is 0.792 e. The van der Waals surface area contributed by atoms with Gasteiger partial charge in [0.05, 0.1) is 19.6 Å². The Kier molecular flexibility index (Phi) is 10.1. The summed E-state index contributed by atoms with van der Waals surface area (Å²) in [6.07, 6.45) is 1.22. The summed E-state index contributed by atoms with van der Waals surface area (Å²) < 4.78 is 0.936. The smallest absolute Gasteiger partial charge is 0.152 e. The molecule has 0 spiro atoms. The molecule has 0 aliphatic heterocycles. The van der Waals surface area contributed by atoms with Crippen LogP contribution in [0.3, 0.4) is 0 Å². The van der Waals surface area contributed by atoms with Crippen molar-refractivity contribution in [2.24, 2.45) is 5.16 Å². The summed E-state index contributed by atoms with van der Waals surface area (Å²) in [5.74, 6) is 0. The molecule has 0 saturated heterocycles. The molecule has 3 aromatic rings. The van der Waals surface area contributed by atoms with Gasteiger partial charge in [0.1, 0.15) is 6.54 Å². The Morgan fingerprint density at radius 3 is 1.70 bits per heavy atom. The maximum atomic E-state index is 12.0. The Labute approximate surface area is 204 Å². The molecule has 1 N–H and O–H groups in total. The van der Waals surface area contributed by atoms with E-state index in [0.717, 1.165) is 37.1 Å². The monoisotopic (exact) mass is 466 g/mol. The molecule has 5 heteroatoms. The number of halogens is 1. The number of nitrogens with zero attached hydrogens (tertiary/aromatic N) is 2. The minimum atomic E-state index is -1.53. The van der Waals surface area contributed by atoms with E-state index in [1.54, 1.807) is 0 Å². The van der Waals surface area contributed by atoms with Gasteiger partial charge in [0.2, 0.25) is 0 Å². The molecule has 176 valence electrons. The molecule has 0 unspecified atom stereocenters.